The Morgan fingerprint density at radius 2 is 2.13 bits per heavy atom. The van der Waals surface area contributed by atoms with E-state index < -0.39 is 8.07 Å². The van der Waals surface area contributed by atoms with Crippen molar-refractivity contribution in [2.75, 3.05) is 6.61 Å². The average molecular weight is 247 g/mol. The molecule has 5 heteroatoms. The number of hydrogen-bond donors (Lipinski definition) is 0. The van der Waals surface area contributed by atoms with Crippen LogP contribution in [0, 0.1) is 6.92 Å². The van der Waals surface area contributed by atoms with E-state index >= 15 is 0 Å². The smallest absolute Gasteiger partial charge is 0.139 e. The lowest BCUT2D eigenvalue weighted by Gasteiger charge is -2.15. The molecule has 0 atom stereocenters. The minimum absolute atomic E-state index is 0.498. The van der Waals surface area contributed by atoms with Crippen LogP contribution in [0.2, 0.25) is 30.7 Å². The highest BCUT2D eigenvalue weighted by molar-refractivity contribution is 6.76. The lowest BCUT2D eigenvalue weighted by atomic mass is 10.5. The Hall–Kier alpha value is -0.323. The molecule has 0 saturated carbocycles. The molecule has 0 bridgehead atoms. The predicted molar refractivity (Wildman–Crippen MR) is 66.1 cm³/mol. The summed E-state index contributed by atoms with van der Waals surface area (Å²) < 4.78 is 7.28. The van der Waals surface area contributed by atoms with Gasteiger partial charge in [-0.25, -0.2) is 4.68 Å². The summed E-state index contributed by atoms with van der Waals surface area (Å²) in [5.41, 5.74) is 0.852. The van der Waals surface area contributed by atoms with Gasteiger partial charge >= 0.3 is 0 Å². The second kappa shape index (κ2) is 5.14. The highest BCUT2D eigenvalue weighted by Crippen LogP contribution is 2.12. The summed E-state index contributed by atoms with van der Waals surface area (Å²) in [6, 6.07) is 1.18. The van der Waals surface area contributed by atoms with Crippen LogP contribution in [0.1, 0.15) is 5.69 Å². The van der Waals surface area contributed by atoms with Gasteiger partial charge in [-0.1, -0.05) is 31.2 Å². The summed E-state index contributed by atoms with van der Waals surface area (Å²) in [6.07, 6.45) is 1.80. The van der Waals surface area contributed by atoms with E-state index in [1.165, 1.54) is 6.04 Å². The standard InChI is InChI=1S/C10H19ClN2OSi/c1-9-10(11)7-13(12-9)8-14-5-6-15(2,3)4/h7H,5-6,8H2,1-4H3. The fourth-order valence-electron chi connectivity index (χ4n) is 1.10. The summed E-state index contributed by atoms with van der Waals surface area (Å²) >= 11 is 5.88. The van der Waals surface area contributed by atoms with Crippen LogP contribution in [0.15, 0.2) is 6.20 Å². The molecular weight excluding hydrogens is 228 g/mol. The maximum atomic E-state index is 5.88. The van der Waals surface area contributed by atoms with E-state index in [-0.39, 0.29) is 0 Å². The number of halogens is 1. The summed E-state index contributed by atoms with van der Waals surface area (Å²) in [5, 5.41) is 4.91. The number of nitrogens with zero attached hydrogens (tertiary/aromatic N) is 2. The number of aryl methyl sites for hydroxylation is 1. The van der Waals surface area contributed by atoms with Crippen LogP contribution in [-0.4, -0.2) is 24.5 Å². The third-order valence-electron chi connectivity index (χ3n) is 2.11. The normalized spacial score (nSPS) is 12.1. The van der Waals surface area contributed by atoms with Gasteiger partial charge in [0.05, 0.1) is 10.7 Å². The molecule has 0 aliphatic rings. The number of aromatic nitrogens is 2. The molecule has 0 saturated heterocycles. The first-order chi connectivity index (χ1) is 6.88. The fourth-order valence-corrected chi connectivity index (χ4v) is 2.00. The quantitative estimate of drug-likeness (QED) is 0.590. The zero-order valence-electron chi connectivity index (χ0n) is 9.88. The van der Waals surface area contributed by atoms with Crippen molar-refractivity contribution >= 4 is 19.7 Å². The minimum Gasteiger partial charge on any atom is -0.360 e. The van der Waals surface area contributed by atoms with Gasteiger partial charge in [0.25, 0.3) is 0 Å². The van der Waals surface area contributed by atoms with Gasteiger partial charge in [-0.05, 0) is 13.0 Å². The van der Waals surface area contributed by atoms with Crippen molar-refractivity contribution in [2.24, 2.45) is 0 Å². The van der Waals surface area contributed by atoms with Crippen LogP contribution < -0.4 is 0 Å². The molecule has 0 N–H and O–H groups in total. The Morgan fingerprint density at radius 1 is 1.47 bits per heavy atom. The monoisotopic (exact) mass is 246 g/mol. The molecule has 1 heterocycles. The van der Waals surface area contributed by atoms with Crippen molar-refractivity contribution in [3.05, 3.63) is 16.9 Å². The van der Waals surface area contributed by atoms with Crippen molar-refractivity contribution in [3.63, 3.8) is 0 Å². The van der Waals surface area contributed by atoms with E-state index in [1.807, 2.05) is 6.92 Å². The number of hydrogen-bond acceptors (Lipinski definition) is 2. The Balaban J connectivity index is 2.26. The van der Waals surface area contributed by atoms with E-state index in [0.717, 1.165) is 12.3 Å². The van der Waals surface area contributed by atoms with Crippen molar-refractivity contribution in [1.29, 1.82) is 0 Å². The van der Waals surface area contributed by atoms with Crippen LogP contribution >= 0.6 is 11.6 Å². The molecule has 1 aromatic rings. The zero-order valence-corrected chi connectivity index (χ0v) is 11.6. The molecule has 0 fully saturated rings. The van der Waals surface area contributed by atoms with Crippen LogP contribution in [0.3, 0.4) is 0 Å². The third-order valence-corrected chi connectivity index (χ3v) is 4.18. The van der Waals surface area contributed by atoms with Gasteiger partial charge in [0.15, 0.2) is 0 Å². The predicted octanol–water partition coefficient (Wildman–Crippen LogP) is 3.16. The molecule has 0 spiro atoms. The van der Waals surface area contributed by atoms with Gasteiger partial charge in [0.1, 0.15) is 6.73 Å². The molecular formula is C10H19ClN2OSi. The average Bonchev–Trinajstić information content (AvgIpc) is 2.39. The van der Waals surface area contributed by atoms with Crippen molar-refractivity contribution in [2.45, 2.75) is 39.3 Å². The van der Waals surface area contributed by atoms with E-state index in [2.05, 4.69) is 24.7 Å². The van der Waals surface area contributed by atoms with Gasteiger partial charge < -0.3 is 4.74 Å². The van der Waals surface area contributed by atoms with Gasteiger partial charge in [-0.2, -0.15) is 5.10 Å². The molecule has 3 nitrogen and oxygen atoms in total. The van der Waals surface area contributed by atoms with Crippen molar-refractivity contribution in [1.82, 2.24) is 9.78 Å². The Kier molecular flexibility index (Phi) is 4.37. The molecule has 0 aliphatic heterocycles. The van der Waals surface area contributed by atoms with Crippen LogP contribution in [-0.2, 0) is 11.5 Å². The maximum Gasteiger partial charge on any atom is 0.139 e. The lowest BCUT2D eigenvalue weighted by Crippen LogP contribution is -2.22. The molecule has 0 aromatic carbocycles. The summed E-state index contributed by atoms with van der Waals surface area (Å²) in [4.78, 5) is 0. The van der Waals surface area contributed by atoms with Gasteiger partial charge in [0, 0.05) is 20.9 Å². The highest BCUT2D eigenvalue weighted by atomic mass is 35.5. The van der Waals surface area contributed by atoms with Crippen molar-refractivity contribution < 1.29 is 4.74 Å². The molecule has 0 amide bonds. The molecule has 1 rings (SSSR count). The van der Waals surface area contributed by atoms with E-state index in [1.54, 1.807) is 10.9 Å². The van der Waals surface area contributed by atoms with Crippen LogP contribution in [0.5, 0.6) is 0 Å². The second-order valence-corrected chi connectivity index (χ2v) is 11.0. The van der Waals surface area contributed by atoms with Gasteiger partial charge in [0.2, 0.25) is 0 Å². The second-order valence-electron chi connectivity index (χ2n) is 4.95. The molecule has 1 aromatic heterocycles. The topological polar surface area (TPSA) is 27.1 Å². The van der Waals surface area contributed by atoms with Gasteiger partial charge in [-0.3, -0.25) is 0 Å². The Bertz CT molecular complexity index is 300. The summed E-state index contributed by atoms with van der Waals surface area (Å²) in [5.74, 6) is 0. The molecule has 0 radical (unpaired) electrons. The summed E-state index contributed by atoms with van der Waals surface area (Å²) in [6.45, 7) is 10.2. The first kappa shape index (κ1) is 12.7. The highest BCUT2D eigenvalue weighted by Gasteiger charge is 2.12. The summed E-state index contributed by atoms with van der Waals surface area (Å²) in [7, 11) is -0.982. The molecule has 86 valence electrons. The van der Waals surface area contributed by atoms with Crippen LogP contribution in [0.25, 0.3) is 0 Å². The first-order valence-electron chi connectivity index (χ1n) is 5.16. The van der Waals surface area contributed by atoms with E-state index in [9.17, 15) is 0 Å². The van der Waals surface area contributed by atoms with Crippen LogP contribution in [0.4, 0.5) is 0 Å². The minimum atomic E-state index is -0.982. The maximum absolute atomic E-state index is 5.88. The zero-order chi connectivity index (χ0) is 11.5. The number of rotatable bonds is 5. The number of ether oxygens (including phenoxy) is 1. The molecule has 0 unspecified atom stereocenters. The van der Waals surface area contributed by atoms with E-state index in [4.69, 9.17) is 16.3 Å². The first-order valence-corrected chi connectivity index (χ1v) is 9.24. The Labute approximate surface area is 97.4 Å². The van der Waals surface area contributed by atoms with Crippen molar-refractivity contribution in [3.8, 4) is 0 Å². The Morgan fingerprint density at radius 3 is 2.60 bits per heavy atom. The van der Waals surface area contributed by atoms with E-state index in [0.29, 0.717) is 11.8 Å². The lowest BCUT2D eigenvalue weighted by molar-refractivity contribution is 0.0784. The van der Waals surface area contributed by atoms with Gasteiger partial charge in [-0.15, -0.1) is 0 Å². The molecule has 15 heavy (non-hydrogen) atoms. The largest absolute Gasteiger partial charge is 0.360 e. The SMILES string of the molecule is Cc1nn(COCC[Si](C)(C)C)cc1Cl. The third kappa shape index (κ3) is 4.82. The molecule has 0 aliphatic carbocycles. The fraction of sp³-hybridized carbons (Fsp3) is 0.700.